The molecule has 21 heavy (non-hydrogen) atoms. The Balaban J connectivity index is 2.24. The summed E-state index contributed by atoms with van der Waals surface area (Å²) in [6, 6.07) is 14.0. The van der Waals surface area contributed by atoms with E-state index in [2.05, 4.69) is 0 Å². The van der Waals surface area contributed by atoms with Crippen molar-refractivity contribution >= 4 is 6.08 Å². The second-order valence-corrected chi connectivity index (χ2v) is 4.46. The van der Waals surface area contributed by atoms with Gasteiger partial charge in [0.1, 0.15) is 0 Å². The Bertz CT molecular complexity index is 581. The summed E-state index contributed by atoms with van der Waals surface area (Å²) in [5.74, 6) is 0. The number of rotatable bonds is 4. The minimum absolute atomic E-state index is 0.0230. The number of halogens is 3. The van der Waals surface area contributed by atoms with Crippen molar-refractivity contribution in [3.63, 3.8) is 0 Å². The monoisotopic (exact) mass is 293 g/mol. The van der Waals surface area contributed by atoms with Crippen LogP contribution in [0, 0.1) is 0 Å². The summed E-state index contributed by atoms with van der Waals surface area (Å²) < 4.78 is 39.4. The van der Waals surface area contributed by atoms with Crippen LogP contribution in [0.25, 0.3) is 6.08 Å². The van der Waals surface area contributed by atoms with E-state index in [1.807, 2.05) is 0 Å². The first-order valence-electron chi connectivity index (χ1n) is 6.30. The lowest BCUT2D eigenvalue weighted by Crippen LogP contribution is -2.33. The van der Waals surface area contributed by atoms with E-state index in [9.17, 15) is 18.4 Å². The van der Waals surface area contributed by atoms with Crippen LogP contribution in [0.1, 0.15) is 17.2 Å². The molecule has 1 atom stereocenters. The third-order valence-electron chi connectivity index (χ3n) is 2.91. The molecule has 0 heterocycles. The van der Waals surface area contributed by atoms with E-state index in [1.165, 1.54) is 30.3 Å². The van der Waals surface area contributed by atoms with E-state index in [-0.39, 0.29) is 10.6 Å². The van der Waals surface area contributed by atoms with Crippen molar-refractivity contribution in [3.8, 4) is 0 Å². The lowest BCUT2D eigenvalue weighted by molar-refractivity contribution is -0.235. The number of hydrogen-bond acceptors (Lipinski definition) is 2. The van der Waals surface area contributed by atoms with Crippen molar-refractivity contribution in [1.82, 2.24) is 5.06 Å². The molecule has 5 heteroatoms. The van der Waals surface area contributed by atoms with Crippen LogP contribution in [0.2, 0.25) is 0 Å². The molecule has 0 fully saturated rings. The van der Waals surface area contributed by atoms with Gasteiger partial charge in [-0.15, -0.1) is 0 Å². The number of benzene rings is 2. The van der Waals surface area contributed by atoms with Crippen LogP contribution in [0.4, 0.5) is 13.2 Å². The molecule has 2 aromatic carbocycles. The van der Waals surface area contributed by atoms with Crippen LogP contribution in [-0.2, 0) is 0 Å². The fourth-order valence-corrected chi connectivity index (χ4v) is 1.94. The highest BCUT2D eigenvalue weighted by Gasteiger charge is 2.44. The predicted molar refractivity (Wildman–Crippen MR) is 74.3 cm³/mol. The number of hydroxylamine groups is 2. The molecular weight excluding hydrogens is 279 g/mol. The molecule has 0 radical (unpaired) electrons. The average molecular weight is 293 g/mol. The third-order valence-corrected chi connectivity index (χ3v) is 2.91. The molecule has 0 spiro atoms. The molecule has 110 valence electrons. The highest BCUT2D eigenvalue weighted by molar-refractivity contribution is 5.48. The molecule has 2 rings (SSSR count). The third kappa shape index (κ3) is 4.10. The molecule has 0 bridgehead atoms. The van der Waals surface area contributed by atoms with Crippen LogP contribution in [0.3, 0.4) is 0 Å². The summed E-state index contributed by atoms with van der Waals surface area (Å²) in [5, 5.41) is 9.97. The summed E-state index contributed by atoms with van der Waals surface area (Å²) in [6.45, 7) is 0. The summed E-state index contributed by atoms with van der Waals surface area (Å²) in [5.41, 5.74) is 0.677. The van der Waals surface area contributed by atoms with Gasteiger partial charge in [-0.05, 0) is 17.2 Å². The van der Waals surface area contributed by atoms with Gasteiger partial charge in [0, 0.05) is 6.20 Å². The Labute approximate surface area is 120 Å². The fraction of sp³-hybridized carbons (Fsp3) is 0.125. The highest BCUT2D eigenvalue weighted by atomic mass is 19.4. The Morgan fingerprint density at radius 2 is 1.43 bits per heavy atom. The zero-order valence-corrected chi connectivity index (χ0v) is 11.0. The zero-order valence-electron chi connectivity index (χ0n) is 11.0. The van der Waals surface area contributed by atoms with E-state index in [4.69, 9.17) is 0 Å². The standard InChI is InChI=1S/C16H14F3NO/c17-16(18,19)15(14-9-5-2-6-10-14)20(21)12-11-13-7-3-1-4-8-13/h1-12,15,21H/b12-11+. The van der Waals surface area contributed by atoms with Gasteiger partial charge in [-0.1, -0.05) is 60.7 Å². The molecule has 0 saturated carbocycles. The Kier molecular flexibility index (Phi) is 4.65. The second-order valence-electron chi connectivity index (χ2n) is 4.46. The van der Waals surface area contributed by atoms with Gasteiger partial charge in [0.25, 0.3) is 0 Å². The van der Waals surface area contributed by atoms with Crippen molar-refractivity contribution in [3.05, 3.63) is 78.0 Å². The summed E-state index contributed by atoms with van der Waals surface area (Å²) >= 11 is 0. The smallest absolute Gasteiger partial charge is 0.288 e. The predicted octanol–water partition coefficient (Wildman–Crippen LogP) is 4.65. The van der Waals surface area contributed by atoms with Gasteiger partial charge >= 0.3 is 6.18 Å². The Morgan fingerprint density at radius 1 is 0.905 bits per heavy atom. The number of hydrogen-bond donors (Lipinski definition) is 1. The van der Waals surface area contributed by atoms with Crippen LogP contribution in [0.5, 0.6) is 0 Å². The number of nitrogens with zero attached hydrogens (tertiary/aromatic N) is 1. The quantitative estimate of drug-likeness (QED) is 0.829. The van der Waals surface area contributed by atoms with Crippen molar-refractivity contribution in [2.75, 3.05) is 0 Å². The normalized spacial score (nSPS) is 13.3. The molecule has 0 aromatic heterocycles. The molecular formula is C16H14F3NO. The molecule has 1 unspecified atom stereocenters. The highest BCUT2D eigenvalue weighted by Crippen LogP contribution is 2.36. The SMILES string of the molecule is ON(/C=C/c1ccccc1)C(c1ccccc1)C(F)(F)F. The van der Waals surface area contributed by atoms with Gasteiger partial charge in [0.2, 0.25) is 0 Å². The lowest BCUT2D eigenvalue weighted by Gasteiger charge is -2.27. The first-order valence-corrected chi connectivity index (χ1v) is 6.30. The van der Waals surface area contributed by atoms with Crippen LogP contribution < -0.4 is 0 Å². The van der Waals surface area contributed by atoms with Crippen LogP contribution in [0.15, 0.2) is 66.9 Å². The zero-order chi connectivity index (χ0) is 15.3. The maximum Gasteiger partial charge on any atom is 0.415 e. The lowest BCUT2D eigenvalue weighted by atomic mass is 10.1. The maximum atomic E-state index is 13.1. The van der Waals surface area contributed by atoms with Gasteiger partial charge in [-0.3, -0.25) is 5.21 Å². The van der Waals surface area contributed by atoms with Gasteiger partial charge < -0.3 is 0 Å². The molecule has 2 nitrogen and oxygen atoms in total. The first kappa shape index (κ1) is 15.1. The van der Waals surface area contributed by atoms with Gasteiger partial charge in [-0.25, -0.2) is 5.06 Å². The second kappa shape index (κ2) is 6.45. The minimum Gasteiger partial charge on any atom is -0.288 e. The summed E-state index contributed by atoms with van der Waals surface area (Å²) in [6.07, 6.45) is -2.15. The van der Waals surface area contributed by atoms with Crippen molar-refractivity contribution in [2.24, 2.45) is 0 Å². The van der Waals surface area contributed by atoms with Gasteiger partial charge in [-0.2, -0.15) is 13.2 Å². The van der Waals surface area contributed by atoms with Crippen molar-refractivity contribution in [1.29, 1.82) is 0 Å². The largest absolute Gasteiger partial charge is 0.415 e. The molecule has 0 aliphatic rings. The van der Waals surface area contributed by atoms with Gasteiger partial charge in [0.15, 0.2) is 6.04 Å². The first-order chi connectivity index (χ1) is 9.98. The van der Waals surface area contributed by atoms with E-state index in [0.717, 1.165) is 6.20 Å². The van der Waals surface area contributed by atoms with E-state index < -0.39 is 12.2 Å². The Hall–Kier alpha value is -2.27. The summed E-state index contributed by atoms with van der Waals surface area (Å²) in [7, 11) is 0. The van der Waals surface area contributed by atoms with Crippen molar-refractivity contribution in [2.45, 2.75) is 12.2 Å². The Morgan fingerprint density at radius 3 is 1.95 bits per heavy atom. The van der Waals surface area contributed by atoms with Gasteiger partial charge in [0.05, 0.1) is 0 Å². The average Bonchev–Trinajstić information content (AvgIpc) is 2.46. The van der Waals surface area contributed by atoms with E-state index in [1.54, 1.807) is 36.4 Å². The molecule has 0 saturated heterocycles. The summed E-state index contributed by atoms with van der Waals surface area (Å²) in [4.78, 5) is 0. The molecule has 0 aliphatic carbocycles. The van der Waals surface area contributed by atoms with Crippen molar-refractivity contribution < 1.29 is 18.4 Å². The van der Waals surface area contributed by atoms with Crippen LogP contribution in [-0.4, -0.2) is 16.4 Å². The van der Waals surface area contributed by atoms with Crippen LogP contribution >= 0.6 is 0 Å². The fourth-order valence-electron chi connectivity index (χ4n) is 1.94. The molecule has 1 N–H and O–H groups in total. The molecule has 0 amide bonds. The minimum atomic E-state index is -4.59. The topological polar surface area (TPSA) is 23.5 Å². The molecule has 2 aromatic rings. The van der Waals surface area contributed by atoms with E-state index in [0.29, 0.717) is 5.56 Å². The van der Waals surface area contributed by atoms with E-state index >= 15 is 0 Å². The molecule has 0 aliphatic heterocycles. The number of alkyl halides is 3. The maximum absolute atomic E-state index is 13.1.